The monoisotopic (exact) mass is 630 g/mol. The topological polar surface area (TPSA) is 106 Å². The van der Waals surface area contributed by atoms with E-state index in [9.17, 15) is 9.59 Å². The van der Waals surface area contributed by atoms with Crippen LogP contribution in [0.3, 0.4) is 0 Å². The van der Waals surface area contributed by atoms with Crippen LogP contribution in [0.25, 0.3) is 11.1 Å². The minimum atomic E-state index is -0.511. The molecule has 2 N–H and O–H groups in total. The fourth-order valence-corrected chi connectivity index (χ4v) is 7.09. The Morgan fingerprint density at radius 1 is 1.02 bits per heavy atom. The zero-order valence-corrected chi connectivity index (χ0v) is 27.8. The van der Waals surface area contributed by atoms with E-state index in [2.05, 4.69) is 73.8 Å². The SMILES string of the molecule is COc1ccc([C@H]2CC[C@H](CN(c3cccc(-c4cnn(C(C)C)c4)c3)C(=O)[C@H]3CC[C@H](NC(=O)OCCO)CC3)CC2)cc1C. The number of methoxy groups -OCH3 is 1. The van der Waals surface area contributed by atoms with Crippen LogP contribution < -0.4 is 15.0 Å². The van der Waals surface area contributed by atoms with Crippen molar-refractivity contribution in [3.05, 3.63) is 66.0 Å². The van der Waals surface area contributed by atoms with Gasteiger partial charge in [-0.1, -0.05) is 24.3 Å². The van der Waals surface area contributed by atoms with Gasteiger partial charge in [0.05, 0.1) is 19.9 Å². The number of aliphatic hydroxyl groups is 1. The Labute approximate surface area is 273 Å². The number of hydrogen-bond donors (Lipinski definition) is 2. The van der Waals surface area contributed by atoms with Gasteiger partial charge in [-0.05, 0) is 119 Å². The number of alkyl carbamates (subject to hydrolysis) is 1. The number of carbonyl (C=O) groups excluding carboxylic acids is 2. The van der Waals surface area contributed by atoms with Crippen molar-refractivity contribution in [3.63, 3.8) is 0 Å². The van der Waals surface area contributed by atoms with E-state index in [1.165, 1.54) is 11.1 Å². The largest absolute Gasteiger partial charge is 0.496 e. The molecule has 2 aromatic carbocycles. The molecule has 2 fully saturated rings. The molecule has 46 heavy (non-hydrogen) atoms. The predicted molar refractivity (Wildman–Crippen MR) is 180 cm³/mol. The van der Waals surface area contributed by atoms with E-state index in [4.69, 9.17) is 14.6 Å². The predicted octanol–water partition coefficient (Wildman–Crippen LogP) is 7.03. The number of ether oxygens (including phenoxy) is 2. The molecule has 2 aliphatic rings. The summed E-state index contributed by atoms with van der Waals surface area (Å²) in [4.78, 5) is 28.4. The molecule has 9 heteroatoms. The quantitative estimate of drug-likeness (QED) is 0.236. The second-order valence-electron chi connectivity index (χ2n) is 13.3. The second-order valence-corrected chi connectivity index (χ2v) is 13.3. The maximum absolute atomic E-state index is 14.3. The van der Waals surface area contributed by atoms with Gasteiger partial charge in [-0.15, -0.1) is 0 Å². The highest BCUT2D eigenvalue weighted by Gasteiger charge is 2.33. The second kappa shape index (κ2) is 15.6. The third kappa shape index (κ3) is 8.29. The molecule has 3 aromatic rings. The molecule has 0 spiro atoms. The van der Waals surface area contributed by atoms with E-state index in [-0.39, 0.29) is 37.1 Å². The van der Waals surface area contributed by atoms with Gasteiger partial charge in [0.2, 0.25) is 5.91 Å². The smallest absolute Gasteiger partial charge is 0.407 e. The van der Waals surface area contributed by atoms with Crippen LogP contribution in [0.4, 0.5) is 10.5 Å². The number of hydrogen-bond acceptors (Lipinski definition) is 6. The van der Waals surface area contributed by atoms with Gasteiger partial charge in [0.15, 0.2) is 0 Å². The average molecular weight is 631 g/mol. The highest BCUT2D eigenvalue weighted by atomic mass is 16.6. The Morgan fingerprint density at radius 2 is 1.78 bits per heavy atom. The molecule has 2 amide bonds. The molecule has 0 radical (unpaired) electrons. The van der Waals surface area contributed by atoms with Crippen molar-refractivity contribution in [2.75, 3.05) is 31.8 Å². The fraction of sp³-hybridized carbons (Fsp3) is 0.541. The molecule has 0 bridgehead atoms. The lowest BCUT2D eigenvalue weighted by Gasteiger charge is -2.36. The third-order valence-electron chi connectivity index (χ3n) is 9.79. The summed E-state index contributed by atoms with van der Waals surface area (Å²) in [5.74, 6) is 1.95. The number of nitrogens with zero attached hydrogens (tertiary/aromatic N) is 3. The minimum Gasteiger partial charge on any atom is -0.496 e. The van der Waals surface area contributed by atoms with Crippen molar-refractivity contribution in [2.45, 2.75) is 90.1 Å². The number of aromatic nitrogens is 2. The van der Waals surface area contributed by atoms with Crippen LogP contribution in [0.1, 0.15) is 88.3 Å². The molecule has 1 aromatic heterocycles. The first-order valence-electron chi connectivity index (χ1n) is 16.9. The first kappa shape index (κ1) is 33.5. The van der Waals surface area contributed by atoms with Crippen LogP contribution >= 0.6 is 0 Å². The zero-order valence-electron chi connectivity index (χ0n) is 27.8. The number of nitrogens with one attached hydrogen (secondary N) is 1. The molecular weight excluding hydrogens is 580 g/mol. The van der Waals surface area contributed by atoms with Crippen molar-refractivity contribution in [3.8, 4) is 16.9 Å². The van der Waals surface area contributed by atoms with Gasteiger partial charge in [-0.3, -0.25) is 9.48 Å². The normalized spacial score (nSPS) is 21.5. The number of anilines is 1. The molecule has 2 aliphatic carbocycles. The lowest BCUT2D eigenvalue weighted by Crippen LogP contribution is -2.44. The number of carbonyl (C=O) groups is 2. The maximum atomic E-state index is 14.3. The molecule has 0 unspecified atom stereocenters. The van der Waals surface area contributed by atoms with Crippen molar-refractivity contribution in [2.24, 2.45) is 11.8 Å². The van der Waals surface area contributed by atoms with Crippen LogP contribution in [-0.2, 0) is 9.53 Å². The molecule has 1 heterocycles. The minimum absolute atomic E-state index is 0.0202. The molecular formula is C37H50N4O5. The summed E-state index contributed by atoms with van der Waals surface area (Å²) >= 11 is 0. The van der Waals surface area contributed by atoms with Gasteiger partial charge in [0.25, 0.3) is 0 Å². The zero-order chi connectivity index (χ0) is 32.6. The van der Waals surface area contributed by atoms with Gasteiger partial charge >= 0.3 is 6.09 Å². The van der Waals surface area contributed by atoms with E-state index in [0.29, 0.717) is 31.2 Å². The lowest BCUT2D eigenvalue weighted by molar-refractivity contribution is -0.123. The maximum Gasteiger partial charge on any atom is 0.407 e. The van der Waals surface area contributed by atoms with Crippen molar-refractivity contribution in [1.82, 2.24) is 15.1 Å². The number of aliphatic hydroxyl groups excluding tert-OH is 1. The van der Waals surface area contributed by atoms with Gasteiger partial charge < -0.3 is 24.8 Å². The molecule has 248 valence electrons. The van der Waals surface area contributed by atoms with E-state index in [0.717, 1.165) is 61.1 Å². The third-order valence-corrected chi connectivity index (χ3v) is 9.79. The highest BCUT2D eigenvalue weighted by molar-refractivity contribution is 5.95. The summed E-state index contributed by atoms with van der Waals surface area (Å²) in [6.07, 6.45) is 10.7. The summed E-state index contributed by atoms with van der Waals surface area (Å²) in [7, 11) is 1.72. The Kier molecular flexibility index (Phi) is 11.4. The van der Waals surface area contributed by atoms with E-state index in [1.54, 1.807) is 7.11 Å². The average Bonchev–Trinajstić information content (AvgIpc) is 3.58. The molecule has 9 nitrogen and oxygen atoms in total. The molecule has 2 saturated carbocycles. The summed E-state index contributed by atoms with van der Waals surface area (Å²) in [6.45, 7) is 6.81. The van der Waals surface area contributed by atoms with Crippen LogP contribution in [0.2, 0.25) is 0 Å². The summed E-state index contributed by atoms with van der Waals surface area (Å²) < 4.78 is 12.4. The first-order chi connectivity index (χ1) is 22.2. The number of amides is 2. The lowest BCUT2D eigenvalue weighted by atomic mass is 9.78. The highest BCUT2D eigenvalue weighted by Crippen LogP contribution is 2.39. The van der Waals surface area contributed by atoms with Crippen molar-refractivity contribution < 1.29 is 24.2 Å². The van der Waals surface area contributed by atoms with Crippen LogP contribution in [0, 0.1) is 18.8 Å². The van der Waals surface area contributed by atoms with Crippen LogP contribution in [-0.4, -0.2) is 59.8 Å². The fourth-order valence-electron chi connectivity index (χ4n) is 7.09. The number of benzene rings is 2. The van der Waals surface area contributed by atoms with Crippen LogP contribution in [0.5, 0.6) is 5.75 Å². The Hall–Kier alpha value is -3.85. The van der Waals surface area contributed by atoms with E-state index >= 15 is 0 Å². The van der Waals surface area contributed by atoms with Gasteiger partial charge in [0.1, 0.15) is 12.4 Å². The van der Waals surface area contributed by atoms with Gasteiger partial charge in [-0.25, -0.2) is 4.79 Å². The molecule has 0 aliphatic heterocycles. The van der Waals surface area contributed by atoms with E-state index in [1.807, 2.05) is 21.8 Å². The standard InChI is InChI=1S/C37H50N4O5/c1-25(2)41-24-32(22-38-41)30-6-5-7-34(21-30)40(36(43)29-12-15-33(16-13-29)39-37(44)46-19-18-42)23-27-8-10-28(11-9-27)31-14-17-35(45-4)26(3)20-31/h5-7,14,17,20-22,24-25,27-29,33,42H,8-13,15-16,18-19,23H2,1-4H3,(H,39,44)/t27-,28-,29-,33-. The van der Waals surface area contributed by atoms with Crippen molar-refractivity contribution in [1.29, 1.82) is 0 Å². The Morgan fingerprint density at radius 3 is 2.43 bits per heavy atom. The number of rotatable bonds is 11. The summed E-state index contributed by atoms with van der Waals surface area (Å²) in [5.41, 5.74) is 5.57. The molecule has 5 rings (SSSR count). The summed E-state index contributed by atoms with van der Waals surface area (Å²) in [6, 6.07) is 15.1. The number of aryl methyl sites for hydroxylation is 1. The van der Waals surface area contributed by atoms with Gasteiger partial charge in [0, 0.05) is 42.0 Å². The Balaban J connectivity index is 1.30. The Bertz CT molecular complexity index is 1450. The van der Waals surface area contributed by atoms with Gasteiger partial charge in [-0.2, -0.15) is 5.10 Å². The van der Waals surface area contributed by atoms with Crippen LogP contribution in [0.15, 0.2) is 54.9 Å². The van der Waals surface area contributed by atoms with E-state index < -0.39 is 6.09 Å². The summed E-state index contributed by atoms with van der Waals surface area (Å²) in [5, 5.41) is 16.4. The first-order valence-corrected chi connectivity index (χ1v) is 16.9. The molecule has 0 saturated heterocycles. The molecule has 0 atom stereocenters. The van der Waals surface area contributed by atoms with Crippen molar-refractivity contribution >= 4 is 17.7 Å².